The molecule has 0 atom stereocenters. The number of aliphatic hydroxyl groups is 1. The maximum absolute atomic E-state index is 8.80. The minimum Gasteiger partial charge on any atom is -0.496 e. The molecule has 18 heavy (non-hydrogen) atoms. The third-order valence-electron chi connectivity index (χ3n) is 3.36. The highest BCUT2D eigenvalue weighted by Crippen LogP contribution is 2.23. The van der Waals surface area contributed by atoms with Gasteiger partial charge in [-0.1, -0.05) is 6.07 Å². The van der Waals surface area contributed by atoms with Crippen molar-refractivity contribution in [1.82, 2.24) is 4.90 Å². The summed E-state index contributed by atoms with van der Waals surface area (Å²) in [4.78, 5) is 2.24. The molecule has 1 aromatic carbocycles. The first-order valence-electron chi connectivity index (χ1n) is 6.52. The molecule has 3 heteroatoms. The molecule has 102 valence electrons. The molecule has 0 aliphatic carbocycles. The van der Waals surface area contributed by atoms with Gasteiger partial charge >= 0.3 is 0 Å². The van der Waals surface area contributed by atoms with Gasteiger partial charge in [0.2, 0.25) is 0 Å². The number of hydrogen-bond acceptors (Lipinski definition) is 3. The SMILES string of the molecule is COc1cc(C)c(C)cc1CCN(C)CCCO. The van der Waals surface area contributed by atoms with E-state index in [0.717, 1.165) is 31.7 Å². The lowest BCUT2D eigenvalue weighted by atomic mass is 10.0. The fraction of sp³-hybridized carbons (Fsp3) is 0.600. The number of likely N-dealkylation sites (N-methyl/N-ethyl adjacent to an activating group) is 1. The Morgan fingerprint density at radius 1 is 1.17 bits per heavy atom. The van der Waals surface area contributed by atoms with Crippen molar-refractivity contribution in [3.8, 4) is 5.75 Å². The highest BCUT2D eigenvalue weighted by atomic mass is 16.5. The van der Waals surface area contributed by atoms with Crippen molar-refractivity contribution in [2.45, 2.75) is 26.7 Å². The van der Waals surface area contributed by atoms with Crippen LogP contribution in [-0.2, 0) is 6.42 Å². The Hall–Kier alpha value is -1.06. The highest BCUT2D eigenvalue weighted by molar-refractivity contribution is 5.41. The molecule has 0 aromatic heterocycles. The van der Waals surface area contributed by atoms with Gasteiger partial charge in [0.1, 0.15) is 5.75 Å². The summed E-state index contributed by atoms with van der Waals surface area (Å²) in [6.07, 6.45) is 1.81. The van der Waals surface area contributed by atoms with Gasteiger partial charge in [0.05, 0.1) is 7.11 Å². The average Bonchev–Trinajstić information content (AvgIpc) is 2.37. The molecule has 3 nitrogen and oxygen atoms in total. The Bertz CT molecular complexity index is 377. The van der Waals surface area contributed by atoms with Gasteiger partial charge in [-0.05, 0) is 56.5 Å². The quantitative estimate of drug-likeness (QED) is 0.806. The fourth-order valence-corrected chi connectivity index (χ4v) is 2.00. The molecule has 1 N–H and O–H groups in total. The topological polar surface area (TPSA) is 32.7 Å². The summed E-state index contributed by atoms with van der Waals surface area (Å²) in [5, 5.41) is 8.80. The van der Waals surface area contributed by atoms with Gasteiger partial charge < -0.3 is 14.7 Å². The minimum absolute atomic E-state index is 0.261. The van der Waals surface area contributed by atoms with Crippen LogP contribution in [0, 0.1) is 13.8 Å². The summed E-state index contributed by atoms with van der Waals surface area (Å²) >= 11 is 0. The molecule has 0 bridgehead atoms. The van der Waals surface area contributed by atoms with E-state index in [1.54, 1.807) is 7.11 Å². The van der Waals surface area contributed by atoms with Gasteiger partial charge in [-0.2, -0.15) is 0 Å². The summed E-state index contributed by atoms with van der Waals surface area (Å²) in [5.41, 5.74) is 3.84. The summed E-state index contributed by atoms with van der Waals surface area (Å²) in [7, 11) is 3.81. The fourth-order valence-electron chi connectivity index (χ4n) is 2.00. The Morgan fingerprint density at radius 2 is 1.83 bits per heavy atom. The predicted octanol–water partition coefficient (Wildman–Crippen LogP) is 2.17. The molecule has 0 saturated carbocycles. The van der Waals surface area contributed by atoms with Crippen molar-refractivity contribution in [2.24, 2.45) is 0 Å². The molecule has 0 heterocycles. The van der Waals surface area contributed by atoms with E-state index in [-0.39, 0.29) is 6.61 Å². The van der Waals surface area contributed by atoms with Gasteiger partial charge in [0.25, 0.3) is 0 Å². The molecule has 1 rings (SSSR count). The molecular formula is C15H25NO2. The predicted molar refractivity (Wildman–Crippen MR) is 75.4 cm³/mol. The normalized spacial score (nSPS) is 11.0. The number of hydrogen-bond donors (Lipinski definition) is 1. The molecular weight excluding hydrogens is 226 g/mol. The van der Waals surface area contributed by atoms with Crippen molar-refractivity contribution in [3.63, 3.8) is 0 Å². The third kappa shape index (κ3) is 4.31. The zero-order valence-corrected chi connectivity index (χ0v) is 12.0. The van der Waals surface area contributed by atoms with E-state index in [2.05, 4.69) is 37.9 Å². The summed E-state index contributed by atoms with van der Waals surface area (Å²) in [6.45, 7) is 6.42. The van der Waals surface area contributed by atoms with Crippen molar-refractivity contribution >= 4 is 0 Å². The molecule has 0 unspecified atom stereocenters. The van der Waals surface area contributed by atoms with Crippen LogP contribution in [0.4, 0.5) is 0 Å². The summed E-state index contributed by atoms with van der Waals surface area (Å²) in [5.74, 6) is 0.980. The summed E-state index contributed by atoms with van der Waals surface area (Å²) in [6, 6.07) is 4.33. The zero-order valence-electron chi connectivity index (χ0n) is 12.0. The van der Waals surface area contributed by atoms with Gasteiger partial charge in [0.15, 0.2) is 0 Å². The number of nitrogens with zero attached hydrogens (tertiary/aromatic N) is 1. The molecule has 0 aliphatic heterocycles. The largest absolute Gasteiger partial charge is 0.496 e. The van der Waals surface area contributed by atoms with Crippen LogP contribution in [0.3, 0.4) is 0 Å². The lowest BCUT2D eigenvalue weighted by Gasteiger charge is -2.17. The van der Waals surface area contributed by atoms with Crippen LogP contribution >= 0.6 is 0 Å². The highest BCUT2D eigenvalue weighted by Gasteiger charge is 2.07. The number of methoxy groups -OCH3 is 1. The lowest BCUT2D eigenvalue weighted by Crippen LogP contribution is -2.23. The van der Waals surface area contributed by atoms with E-state index in [9.17, 15) is 0 Å². The first-order valence-corrected chi connectivity index (χ1v) is 6.52. The van der Waals surface area contributed by atoms with Gasteiger partial charge in [-0.25, -0.2) is 0 Å². The second kappa shape index (κ2) is 7.39. The first kappa shape index (κ1) is 15.0. The number of ether oxygens (including phenoxy) is 1. The number of benzene rings is 1. The Morgan fingerprint density at radius 3 is 2.44 bits per heavy atom. The lowest BCUT2D eigenvalue weighted by molar-refractivity contribution is 0.248. The van der Waals surface area contributed by atoms with Crippen LogP contribution in [0.25, 0.3) is 0 Å². The molecule has 0 radical (unpaired) electrons. The Labute approximate surface area is 110 Å². The van der Waals surface area contributed by atoms with Crippen molar-refractivity contribution in [2.75, 3.05) is 33.9 Å². The third-order valence-corrected chi connectivity index (χ3v) is 3.36. The maximum atomic E-state index is 8.80. The first-order chi connectivity index (χ1) is 8.58. The van der Waals surface area contributed by atoms with Gasteiger partial charge in [0, 0.05) is 19.7 Å². The van der Waals surface area contributed by atoms with Crippen LogP contribution in [0.1, 0.15) is 23.1 Å². The smallest absolute Gasteiger partial charge is 0.122 e. The van der Waals surface area contributed by atoms with Crippen LogP contribution in [0.2, 0.25) is 0 Å². The van der Waals surface area contributed by atoms with E-state index in [1.807, 2.05) is 0 Å². The molecule has 1 aromatic rings. The monoisotopic (exact) mass is 251 g/mol. The van der Waals surface area contributed by atoms with Crippen molar-refractivity contribution < 1.29 is 9.84 Å². The zero-order chi connectivity index (χ0) is 13.5. The standard InChI is InChI=1S/C15H25NO2/c1-12-10-14(15(18-4)11-13(12)2)6-8-16(3)7-5-9-17/h10-11,17H,5-9H2,1-4H3. The summed E-state index contributed by atoms with van der Waals surface area (Å²) < 4.78 is 5.44. The number of aliphatic hydroxyl groups excluding tert-OH is 1. The van der Waals surface area contributed by atoms with E-state index in [0.29, 0.717) is 0 Å². The van der Waals surface area contributed by atoms with E-state index in [1.165, 1.54) is 16.7 Å². The van der Waals surface area contributed by atoms with Crippen LogP contribution in [0.5, 0.6) is 5.75 Å². The second-order valence-electron chi connectivity index (χ2n) is 4.88. The van der Waals surface area contributed by atoms with Crippen LogP contribution in [0.15, 0.2) is 12.1 Å². The minimum atomic E-state index is 0.261. The molecule has 0 saturated heterocycles. The van der Waals surface area contributed by atoms with Gasteiger partial charge in [-0.15, -0.1) is 0 Å². The molecule has 0 aliphatic rings. The molecule has 0 amide bonds. The van der Waals surface area contributed by atoms with E-state index in [4.69, 9.17) is 9.84 Å². The second-order valence-corrected chi connectivity index (χ2v) is 4.88. The van der Waals surface area contributed by atoms with Crippen molar-refractivity contribution in [1.29, 1.82) is 0 Å². The molecule has 0 spiro atoms. The van der Waals surface area contributed by atoms with Gasteiger partial charge in [-0.3, -0.25) is 0 Å². The van der Waals surface area contributed by atoms with E-state index >= 15 is 0 Å². The number of rotatable bonds is 7. The number of aryl methyl sites for hydroxylation is 2. The Balaban J connectivity index is 2.63. The Kier molecular flexibility index (Phi) is 6.16. The maximum Gasteiger partial charge on any atom is 0.122 e. The molecule has 0 fully saturated rings. The van der Waals surface area contributed by atoms with Crippen LogP contribution < -0.4 is 4.74 Å². The average molecular weight is 251 g/mol. The van der Waals surface area contributed by atoms with Crippen molar-refractivity contribution in [3.05, 3.63) is 28.8 Å². The van der Waals surface area contributed by atoms with Crippen LogP contribution in [-0.4, -0.2) is 43.9 Å². The van der Waals surface area contributed by atoms with E-state index < -0.39 is 0 Å².